The van der Waals surface area contributed by atoms with Crippen LogP contribution in [0.4, 0.5) is 0 Å². The van der Waals surface area contributed by atoms with Crippen LogP contribution in [0.3, 0.4) is 0 Å². The van der Waals surface area contributed by atoms with Crippen LogP contribution in [0.25, 0.3) is 0 Å². The molecule has 1 aromatic heterocycles. The van der Waals surface area contributed by atoms with E-state index in [0.717, 1.165) is 22.7 Å². The summed E-state index contributed by atoms with van der Waals surface area (Å²) >= 11 is 1.45. The van der Waals surface area contributed by atoms with E-state index in [4.69, 9.17) is 10.5 Å². The molecule has 6 heteroatoms. The first kappa shape index (κ1) is 18.4. The number of methoxy groups -OCH3 is 1. The maximum Gasteiger partial charge on any atom is 0.270 e. The van der Waals surface area contributed by atoms with Gasteiger partial charge in [0.25, 0.3) is 5.91 Å². The van der Waals surface area contributed by atoms with Crippen LogP contribution in [-0.4, -0.2) is 24.5 Å². The largest absolute Gasteiger partial charge is 0.496 e. The van der Waals surface area contributed by atoms with Gasteiger partial charge in [-0.2, -0.15) is 0 Å². The maximum absolute atomic E-state index is 12.2. The summed E-state index contributed by atoms with van der Waals surface area (Å²) in [6.07, 6.45) is 1.57. The standard InChI is InChI=1S/C18H25N3O2S/c1-12(2)10-14(19)18-21-15(11-24-18)17(22)20-9-8-13-6-4-5-7-16(13)23-3/h4-7,11-12,14H,8-10,19H2,1-3H3,(H,20,22). The Hall–Kier alpha value is -1.92. The highest BCUT2D eigenvalue weighted by atomic mass is 32.1. The predicted molar refractivity (Wildman–Crippen MR) is 97.5 cm³/mol. The number of hydrogen-bond acceptors (Lipinski definition) is 5. The first-order valence-electron chi connectivity index (χ1n) is 8.12. The molecule has 1 amide bonds. The summed E-state index contributed by atoms with van der Waals surface area (Å²) in [4.78, 5) is 16.6. The highest BCUT2D eigenvalue weighted by Crippen LogP contribution is 2.22. The van der Waals surface area contributed by atoms with Gasteiger partial charge in [-0.05, 0) is 30.4 Å². The van der Waals surface area contributed by atoms with E-state index in [1.54, 1.807) is 12.5 Å². The molecule has 0 saturated carbocycles. The Morgan fingerprint density at radius 2 is 2.12 bits per heavy atom. The average molecular weight is 347 g/mol. The van der Waals surface area contributed by atoms with Crippen LogP contribution in [0.5, 0.6) is 5.75 Å². The average Bonchev–Trinajstić information content (AvgIpc) is 3.05. The molecule has 1 aromatic carbocycles. The second-order valence-corrected chi connectivity index (χ2v) is 7.01. The van der Waals surface area contributed by atoms with Crippen molar-refractivity contribution in [1.29, 1.82) is 0 Å². The van der Waals surface area contributed by atoms with E-state index >= 15 is 0 Å². The molecule has 1 heterocycles. The monoisotopic (exact) mass is 347 g/mol. The smallest absolute Gasteiger partial charge is 0.270 e. The summed E-state index contributed by atoms with van der Waals surface area (Å²) in [5, 5.41) is 5.49. The third-order valence-corrected chi connectivity index (χ3v) is 4.65. The lowest BCUT2D eigenvalue weighted by molar-refractivity contribution is 0.0949. The SMILES string of the molecule is COc1ccccc1CCNC(=O)c1csc(C(N)CC(C)C)n1. The molecule has 0 fully saturated rings. The van der Waals surface area contributed by atoms with Gasteiger partial charge in [-0.25, -0.2) is 4.98 Å². The number of amides is 1. The first-order valence-corrected chi connectivity index (χ1v) is 9.00. The fourth-order valence-corrected chi connectivity index (χ4v) is 3.30. The normalized spacial score (nSPS) is 12.2. The van der Waals surface area contributed by atoms with Gasteiger partial charge in [0.2, 0.25) is 0 Å². The van der Waals surface area contributed by atoms with Gasteiger partial charge in [-0.1, -0.05) is 32.0 Å². The van der Waals surface area contributed by atoms with Gasteiger partial charge < -0.3 is 15.8 Å². The van der Waals surface area contributed by atoms with Crippen LogP contribution in [0.15, 0.2) is 29.6 Å². The van der Waals surface area contributed by atoms with Crippen LogP contribution in [0.1, 0.15) is 47.4 Å². The number of nitrogens with two attached hydrogens (primary N) is 1. The van der Waals surface area contributed by atoms with E-state index < -0.39 is 0 Å². The molecule has 1 unspecified atom stereocenters. The molecular formula is C18H25N3O2S. The van der Waals surface area contributed by atoms with Gasteiger partial charge >= 0.3 is 0 Å². The van der Waals surface area contributed by atoms with E-state index in [9.17, 15) is 4.79 Å². The Morgan fingerprint density at radius 3 is 2.83 bits per heavy atom. The van der Waals surface area contributed by atoms with Gasteiger partial charge in [0.15, 0.2) is 0 Å². The van der Waals surface area contributed by atoms with Crippen LogP contribution < -0.4 is 15.8 Å². The lowest BCUT2D eigenvalue weighted by Crippen LogP contribution is -2.26. The topological polar surface area (TPSA) is 77.2 Å². The minimum Gasteiger partial charge on any atom is -0.496 e. The number of hydrogen-bond donors (Lipinski definition) is 2. The van der Waals surface area contributed by atoms with Gasteiger partial charge in [0.05, 0.1) is 13.2 Å². The Balaban J connectivity index is 1.88. The molecule has 0 aliphatic carbocycles. The highest BCUT2D eigenvalue weighted by molar-refractivity contribution is 7.09. The summed E-state index contributed by atoms with van der Waals surface area (Å²) in [5.74, 6) is 1.17. The van der Waals surface area contributed by atoms with Crippen molar-refractivity contribution in [3.8, 4) is 5.75 Å². The lowest BCUT2D eigenvalue weighted by Gasteiger charge is -2.10. The fraction of sp³-hybridized carbons (Fsp3) is 0.444. The second-order valence-electron chi connectivity index (χ2n) is 6.12. The number of carbonyl (C=O) groups is 1. The van der Waals surface area contributed by atoms with Crippen LogP contribution in [0.2, 0.25) is 0 Å². The number of rotatable bonds is 8. The van der Waals surface area contributed by atoms with Gasteiger partial charge in [-0.3, -0.25) is 4.79 Å². The zero-order valence-electron chi connectivity index (χ0n) is 14.4. The Bertz CT molecular complexity index is 670. The van der Waals surface area contributed by atoms with Gasteiger partial charge in [0.1, 0.15) is 16.5 Å². The molecule has 0 saturated heterocycles. The number of carbonyl (C=O) groups excluding carboxylic acids is 1. The molecule has 2 aromatic rings. The minimum atomic E-state index is -0.163. The zero-order chi connectivity index (χ0) is 17.5. The quantitative estimate of drug-likeness (QED) is 0.769. The number of ether oxygens (including phenoxy) is 1. The third kappa shape index (κ3) is 5.04. The maximum atomic E-state index is 12.2. The molecule has 0 bridgehead atoms. The van der Waals surface area contributed by atoms with E-state index in [1.165, 1.54) is 11.3 Å². The molecule has 0 radical (unpaired) electrons. The summed E-state index contributed by atoms with van der Waals surface area (Å²) in [6, 6.07) is 7.70. The van der Waals surface area contributed by atoms with Crippen molar-refractivity contribution in [1.82, 2.24) is 10.3 Å². The molecule has 1 atom stereocenters. The van der Waals surface area contributed by atoms with E-state index in [2.05, 4.69) is 24.1 Å². The molecule has 5 nitrogen and oxygen atoms in total. The zero-order valence-corrected chi connectivity index (χ0v) is 15.2. The second kappa shape index (κ2) is 8.80. The minimum absolute atomic E-state index is 0.106. The number of nitrogens with one attached hydrogen (secondary N) is 1. The number of aromatic nitrogens is 1. The van der Waals surface area contributed by atoms with Gasteiger partial charge in [0, 0.05) is 11.9 Å². The first-order chi connectivity index (χ1) is 11.5. The van der Waals surface area contributed by atoms with Crippen molar-refractivity contribution in [2.75, 3.05) is 13.7 Å². The summed E-state index contributed by atoms with van der Waals surface area (Å²) in [6.45, 7) is 4.78. The summed E-state index contributed by atoms with van der Waals surface area (Å²) in [5.41, 5.74) is 7.63. The molecule has 0 spiro atoms. The lowest BCUT2D eigenvalue weighted by atomic mass is 10.1. The summed E-state index contributed by atoms with van der Waals surface area (Å²) < 4.78 is 5.31. The molecule has 0 aliphatic rings. The molecular weight excluding hydrogens is 322 g/mol. The molecule has 2 rings (SSSR count). The number of benzene rings is 1. The van der Waals surface area contributed by atoms with Crippen LogP contribution >= 0.6 is 11.3 Å². The summed E-state index contributed by atoms with van der Waals surface area (Å²) in [7, 11) is 1.65. The Labute approximate surface area is 147 Å². The highest BCUT2D eigenvalue weighted by Gasteiger charge is 2.16. The van der Waals surface area contributed by atoms with E-state index in [0.29, 0.717) is 24.6 Å². The van der Waals surface area contributed by atoms with Crippen molar-refractivity contribution in [2.45, 2.75) is 32.7 Å². The number of thiazole rings is 1. The number of para-hydroxylation sites is 1. The van der Waals surface area contributed by atoms with E-state index in [-0.39, 0.29) is 11.9 Å². The van der Waals surface area contributed by atoms with Crippen LogP contribution in [0, 0.1) is 5.92 Å². The fourth-order valence-electron chi connectivity index (χ4n) is 2.48. The molecule has 24 heavy (non-hydrogen) atoms. The molecule has 0 aliphatic heterocycles. The predicted octanol–water partition coefficient (Wildman–Crippen LogP) is 3.17. The number of nitrogens with zero attached hydrogens (tertiary/aromatic N) is 1. The third-order valence-electron chi connectivity index (χ3n) is 3.67. The Morgan fingerprint density at radius 1 is 1.38 bits per heavy atom. The van der Waals surface area contributed by atoms with Crippen molar-refractivity contribution in [3.63, 3.8) is 0 Å². The van der Waals surface area contributed by atoms with Crippen LogP contribution in [-0.2, 0) is 6.42 Å². The molecule has 130 valence electrons. The van der Waals surface area contributed by atoms with E-state index in [1.807, 2.05) is 24.3 Å². The molecule has 3 N–H and O–H groups in total. The van der Waals surface area contributed by atoms with Crippen molar-refractivity contribution in [3.05, 3.63) is 45.9 Å². The van der Waals surface area contributed by atoms with Crippen molar-refractivity contribution < 1.29 is 9.53 Å². The van der Waals surface area contributed by atoms with Gasteiger partial charge in [-0.15, -0.1) is 11.3 Å². The van der Waals surface area contributed by atoms with Crippen molar-refractivity contribution in [2.24, 2.45) is 11.7 Å². The van der Waals surface area contributed by atoms with Crippen molar-refractivity contribution >= 4 is 17.2 Å². The Kier molecular flexibility index (Phi) is 6.75.